The molecular formula is C10H21NaO4S. The molecule has 0 fully saturated rings. The number of hydrogen-bond acceptors (Lipinski definition) is 4. The van der Waals surface area contributed by atoms with E-state index in [0.29, 0.717) is 6.42 Å². The minimum absolute atomic E-state index is 0. The van der Waals surface area contributed by atoms with Crippen molar-refractivity contribution >= 4 is 10.1 Å². The Hall–Kier alpha value is 0.870. The van der Waals surface area contributed by atoms with Crippen LogP contribution in [0.4, 0.5) is 0 Å². The Balaban J connectivity index is 0. The Morgan fingerprint density at radius 3 is 2.25 bits per heavy atom. The van der Waals surface area contributed by atoms with Crippen LogP contribution in [0.3, 0.4) is 0 Å². The van der Waals surface area contributed by atoms with E-state index in [1.807, 2.05) is 0 Å². The van der Waals surface area contributed by atoms with Crippen molar-refractivity contribution < 1.29 is 47.6 Å². The summed E-state index contributed by atoms with van der Waals surface area (Å²) in [5, 5.41) is 8.49. The van der Waals surface area contributed by atoms with E-state index in [-0.39, 0.29) is 36.0 Å². The summed E-state index contributed by atoms with van der Waals surface area (Å²) in [6.07, 6.45) is 4.16. The number of rotatable bonds is 8. The van der Waals surface area contributed by atoms with Gasteiger partial charge in [0.2, 0.25) is 0 Å². The predicted molar refractivity (Wildman–Crippen MR) is 58.5 cm³/mol. The molecule has 0 radical (unpaired) electrons. The molecule has 0 aromatic rings. The van der Waals surface area contributed by atoms with Gasteiger partial charge in [0.15, 0.2) is 0 Å². The molecule has 0 saturated carbocycles. The van der Waals surface area contributed by atoms with Crippen LogP contribution in [-0.4, -0.2) is 29.4 Å². The SMILES string of the molecule is CCCCCCC(O)CC(C)S(=O)(=O)[O-].[Na+]. The molecule has 1 N–H and O–H groups in total. The van der Waals surface area contributed by atoms with Gasteiger partial charge in [-0.3, -0.25) is 0 Å². The fraction of sp³-hybridized carbons (Fsp3) is 1.00. The molecule has 0 heterocycles. The van der Waals surface area contributed by atoms with Crippen LogP contribution in [0.25, 0.3) is 0 Å². The maximum atomic E-state index is 10.6. The average Bonchev–Trinajstić information content (AvgIpc) is 2.11. The largest absolute Gasteiger partial charge is 1.00 e. The second-order valence-corrected chi connectivity index (χ2v) is 5.83. The first-order valence-corrected chi connectivity index (χ1v) is 6.97. The van der Waals surface area contributed by atoms with Crippen molar-refractivity contribution in [3.05, 3.63) is 0 Å². The van der Waals surface area contributed by atoms with E-state index in [0.717, 1.165) is 25.7 Å². The van der Waals surface area contributed by atoms with Gasteiger partial charge in [-0.25, -0.2) is 8.42 Å². The van der Waals surface area contributed by atoms with E-state index in [1.54, 1.807) is 0 Å². The Morgan fingerprint density at radius 1 is 1.25 bits per heavy atom. The van der Waals surface area contributed by atoms with Gasteiger partial charge in [0, 0.05) is 5.25 Å². The van der Waals surface area contributed by atoms with Crippen LogP contribution in [0.5, 0.6) is 0 Å². The predicted octanol–water partition coefficient (Wildman–Crippen LogP) is -1.35. The average molecular weight is 260 g/mol. The fourth-order valence-electron chi connectivity index (χ4n) is 1.43. The third-order valence-corrected chi connectivity index (χ3v) is 3.67. The zero-order chi connectivity index (χ0) is 11.9. The minimum atomic E-state index is -4.24. The number of aliphatic hydroxyl groups is 1. The maximum absolute atomic E-state index is 10.6. The normalized spacial score (nSPS) is 15.2. The molecular weight excluding hydrogens is 239 g/mol. The molecule has 4 nitrogen and oxygen atoms in total. The standard InChI is InChI=1S/C10H22O4S.Na/c1-3-4-5-6-7-10(11)8-9(2)15(12,13)14;/h9-11H,3-8H2,1-2H3,(H,12,13,14);/q;+1/p-1. The van der Waals surface area contributed by atoms with E-state index in [2.05, 4.69) is 6.92 Å². The molecule has 0 saturated heterocycles. The molecule has 0 aliphatic rings. The van der Waals surface area contributed by atoms with Crippen molar-refractivity contribution in [2.75, 3.05) is 0 Å². The van der Waals surface area contributed by atoms with Crippen LogP contribution in [0.1, 0.15) is 52.4 Å². The summed E-state index contributed by atoms with van der Waals surface area (Å²) in [4.78, 5) is 0. The Bertz CT molecular complexity index is 254. The van der Waals surface area contributed by atoms with Gasteiger partial charge < -0.3 is 9.66 Å². The monoisotopic (exact) mass is 260 g/mol. The first kappa shape index (κ1) is 19.2. The second kappa shape index (κ2) is 9.85. The van der Waals surface area contributed by atoms with Crippen molar-refractivity contribution in [1.29, 1.82) is 0 Å². The molecule has 0 aromatic carbocycles. The van der Waals surface area contributed by atoms with Gasteiger partial charge in [-0.1, -0.05) is 32.6 Å². The topological polar surface area (TPSA) is 77.4 Å². The van der Waals surface area contributed by atoms with Crippen LogP contribution in [0.2, 0.25) is 0 Å². The van der Waals surface area contributed by atoms with Gasteiger partial charge in [0.25, 0.3) is 0 Å². The summed E-state index contributed by atoms with van der Waals surface area (Å²) in [7, 11) is -4.24. The summed E-state index contributed by atoms with van der Waals surface area (Å²) in [5.74, 6) is 0. The van der Waals surface area contributed by atoms with Crippen molar-refractivity contribution in [3.63, 3.8) is 0 Å². The minimum Gasteiger partial charge on any atom is -0.748 e. The number of hydrogen-bond donors (Lipinski definition) is 1. The van der Waals surface area contributed by atoms with Crippen LogP contribution in [0, 0.1) is 0 Å². The van der Waals surface area contributed by atoms with Crippen molar-refractivity contribution in [3.8, 4) is 0 Å². The van der Waals surface area contributed by atoms with E-state index < -0.39 is 21.5 Å². The Morgan fingerprint density at radius 2 is 1.81 bits per heavy atom. The second-order valence-electron chi connectivity index (χ2n) is 4.04. The molecule has 0 spiro atoms. The van der Waals surface area contributed by atoms with Gasteiger partial charge in [0.05, 0.1) is 16.2 Å². The molecule has 2 atom stereocenters. The quantitative estimate of drug-likeness (QED) is 0.332. The maximum Gasteiger partial charge on any atom is 1.00 e. The van der Waals surface area contributed by atoms with Crippen molar-refractivity contribution in [1.82, 2.24) is 0 Å². The Kier molecular flexibility index (Phi) is 11.8. The molecule has 0 bridgehead atoms. The van der Waals surface area contributed by atoms with Crippen molar-refractivity contribution in [2.24, 2.45) is 0 Å². The van der Waals surface area contributed by atoms with Gasteiger partial charge in [-0.05, 0) is 19.8 Å². The molecule has 92 valence electrons. The first-order valence-electron chi connectivity index (χ1n) is 5.50. The zero-order valence-electron chi connectivity index (χ0n) is 10.5. The summed E-state index contributed by atoms with van der Waals surface area (Å²) in [5.41, 5.74) is 0. The van der Waals surface area contributed by atoms with E-state index in [9.17, 15) is 18.1 Å². The summed E-state index contributed by atoms with van der Waals surface area (Å²) < 4.78 is 31.7. The molecule has 6 heteroatoms. The van der Waals surface area contributed by atoms with Crippen LogP contribution in [0.15, 0.2) is 0 Å². The summed E-state index contributed by atoms with van der Waals surface area (Å²) in [6.45, 7) is 3.44. The van der Waals surface area contributed by atoms with Crippen LogP contribution < -0.4 is 29.6 Å². The van der Waals surface area contributed by atoms with Gasteiger partial charge in [0.1, 0.15) is 0 Å². The third-order valence-electron chi connectivity index (χ3n) is 2.49. The fourth-order valence-corrected chi connectivity index (χ4v) is 1.88. The molecule has 0 aliphatic carbocycles. The van der Waals surface area contributed by atoms with Gasteiger partial charge in [-0.2, -0.15) is 0 Å². The van der Waals surface area contributed by atoms with Gasteiger partial charge in [-0.15, -0.1) is 0 Å². The number of aliphatic hydroxyl groups excluding tert-OH is 1. The first-order chi connectivity index (χ1) is 6.88. The molecule has 0 amide bonds. The summed E-state index contributed by atoms with van der Waals surface area (Å²) >= 11 is 0. The van der Waals surface area contributed by atoms with Crippen molar-refractivity contribution in [2.45, 2.75) is 63.7 Å². The molecule has 0 aromatic heterocycles. The van der Waals surface area contributed by atoms with Crippen LogP contribution >= 0.6 is 0 Å². The summed E-state index contributed by atoms with van der Waals surface area (Å²) in [6, 6.07) is 0. The van der Waals surface area contributed by atoms with E-state index >= 15 is 0 Å². The zero-order valence-corrected chi connectivity index (χ0v) is 13.3. The van der Waals surface area contributed by atoms with E-state index in [4.69, 9.17) is 0 Å². The van der Waals surface area contributed by atoms with E-state index in [1.165, 1.54) is 6.92 Å². The van der Waals surface area contributed by atoms with Crippen LogP contribution in [-0.2, 0) is 10.1 Å². The molecule has 2 unspecified atom stereocenters. The van der Waals surface area contributed by atoms with Gasteiger partial charge >= 0.3 is 29.6 Å². The Labute approximate surface area is 121 Å². The third kappa shape index (κ3) is 10.1. The smallest absolute Gasteiger partial charge is 0.748 e. The number of unbranched alkanes of at least 4 members (excludes halogenated alkanes) is 3. The molecule has 16 heavy (non-hydrogen) atoms. The molecule has 0 rings (SSSR count). The molecule has 0 aliphatic heterocycles.